The van der Waals surface area contributed by atoms with E-state index in [-0.39, 0.29) is 0 Å². The SMILES string of the molecule is Cc1cccc(CCCc2c[nH]cn2)c1. The number of rotatable bonds is 4. The van der Waals surface area contributed by atoms with Crippen LogP contribution in [0.4, 0.5) is 0 Å². The van der Waals surface area contributed by atoms with Crippen LogP contribution < -0.4 is 0 Å². The van der Waals surface area contributed by atoms with Crippen molar-refractivity contribution in [1.82, 2.24) is 9.97 Å². The summed E-state index contributed by atoms with van der Waals surface area (Å²) < 4.78 is 0. The lowest BCUT2D eigenvalue weighted by molar-refractivity contribution is 0.803. The second-order valence-corrected chi connectivity index (χ2v) is 3.90. The fraction of sp³-hybridized carbons (Fsp3) is 0.308. The summed E-state index contributed by atoms with van der Waals surface area (Å²) in [6.07, 6.45) is 7.05. The van der Waals surface area contributed by atoms with Gasteiger partial charge in [-0.15, -0.1) is 0 Å². The van der Waals surface area contributed by atoms with E-state index in [1.807, 2.05) is 6.20 Å². The lowest BCUT2D eigenvalue weighted by Gasteiger charge is -2.01. The number of H-pyrrole nitrogens is 1. The van der Waals surface area contributed by atoms with E-state index in [4.69, 9.17) is 0 Å². The monoisotopic (exact) mass is 200 g/mol. The molecule has 0 saturated carbocycles. The Morgan fingerprint density at radius 3 is 2.93 bits per heavy atom. The molecule has 2 heteroatoms. The maximum Gasteiger partial charge on any atom is 0.0923 e. The molecule has 0 spiro atoms. The van der Waals surface area contributed by atoms with Crippen molar-refractivity contribution in [2.45, 2.75) is 26.2 Å². The third-order valence-corrected chi connectivity index (χ3v) is 2.54. The minimum absolute atomic E-state index is 1.05. The zero-order valence-corrected chi connectivity index (χ0v) is 9.03. The van der Waals surface area contributed by atoms with Gasteiger partial charge < -0.3 is 4.98 Å². The number of nitrogens with one attached hydrogen (secondary N) is 1. The van der Waals surface area contributed by atoms with Gasteiger partial charge in [-0.1, -0.05) is 29.8 Å². The van der Waals surface area contributed by atoms with E-state index in [0.29, 0.717) is 0 Å². The Hall–Kier alpha value is -1.57. The fourth-order valence-electron chi connectivity index (χ4n) is 1.77. The van der Waals surface area contributed by atoms with Crippen LogP contribution in [0.15, 0.2) is 36.8 Å². The minimum Gasteiger partial charge on any atom is -0.351 e. The molecule has 1 aromatic carbocycles. The molecule has 0 amide bonds. The van der Waals surface area contributed by atoms with Gasteiger partial charge in [0.25, 0.3) is 0 Å². The zero-order chi connectivity index (χ0) is 10.5. The standard InChI is InChI=1S/C13H16N2/c1-11-4-2-5-12(8-11)6-3-7-13-9-14-10-15-13/h2,4-5,8-10H,3,6-7H2,1H3,(H,14,15). The molecule has 2 rings (SSSR count). The summed E-state index contributed by atoms with van der Waals surface area (Å²) in [5, 5.41) is 0. The fourth-order valence-corrected chi connectivity index (χ4v) is 1.77. The maximum absolute atomic E-state index is 4.21. The van der Waals surface area contributed by atoms with E-state index in [1.54, 1.807) is 6.33 Å². The smallest absolute Gasteiger partial charge is 0.0923 e. The number of aromatic nitrogens is 2. The van der Waals surface area contributed by atoms with E-state index in [2.05, 4.69) is 41.2 Å². The largest absolute Gasteiger partial charge is 0.351 e. The molecule has 0 unspecified atom stereocenters. The Morgan fingerprint density at radius 1 is 1.27 bits per heavy atom. The summed E-state index contributed by atoms with van der Waals surface area (Å²) in [5.41, 5.74) is 3.92. The van der Waals surface area contributed by atoms with Crippen LogP contribution in [0.5, 0.6) is 0 Å². The lowest BCUT2D eigenvalue weighted by atomic mass is 10.1. The highest BCUT2D eigenvalue weighted by molar-refractivity contribution is 5.22. The van der Waals surface area contributed by atoms with E-state index in [9.17, 15) is 0 Å². The van der Waals surface area contributed by atoms with Crippen LogP contribution in [-0.2, 0) is 12.8 Å². The van der Waals surface area contributed by atoms with Gasteiger partial charge in [0.05, 0.1) is 12.0 Å². The molecule has 15 heavy (non-hydrogen) atoms. The molecular weight excluding hydrogens is 184 g/mol. The van der Waals surface area contributed by atoms with Gasteiger partial charge in [0, 0.05) is 6.20 Å². The average molecular weight is 200 g/mol. The molecule has 1 N–H and O–H groups in total. The van der Waals surface area contributed by atoms with Crippen LogP contribution in [0.25, 0.3) is 0 Å². The number of aromatic amines is 1. The molecule has 78 valence electrons. The zero-order valence-electron chi connectivity index (χ0n) is 9.03. The molecular formula is C13H16N2. The van der Waals surface area contributed by atoms with Crippen molar-refractivity contribution in [3.8, 4) is 0 Å². The third-order valence-electron chi connectivity index (χ3n) is 2.54. The van der Waals surface area contributed by atoms with Gasteiger partial charge >= 0.3 is 0 Å². The number of benzene rings is 1. The first-order valence-corrected chi connectivity index (χ1v) is 5.38. The van der Waals surface area contributed by atoms with Crippen LogP contribution in [0.2, 0.25) is 0 Å². The van der Waals surface area contributed by atoms with Crippen LogP contribution in [0.1, 0.15) is 23.2 Å². The average Bonchev–Trinajstić information content (AvgIpc) is 2.71. The van der Waals surface area contributed by atoms with Gasteiger partial charge in [-0.25, -0.2) is 4.98 Å². The van der Waals surface area contributed by atoms with Gasteiger partial charge in [-0.3, -0.25) is 0 Å². The Balaban J connectivity index is 1.83. The molecule has 0 aliphatic heterocycles. The van der Waals surface area contributed by atoms with E-state index >= 15 is 0 Å². The first-order valence-electron chi connectivity index (χ1n) is 5.38. The van der Waals surface area contributed by atoms with E-state index < -0.39 is 0 Å². The highest BCUT2D eigenvalue weighted by Crippen LogP contribution is 2.08. The topological polar surface area (TPSA) is 28.7 Å². The normalized spacial score (nSPS) is 10.5. The predicted octanol–water partition coefficient (Wildman–Crippen LogP) is 2.89. The van der Waals surface area contributed by atoms with E-state index in [0.717, 1.165) is 25.0 Å². The van der Waals surface area contributed by atoms with Gasteiger partial charge in [-0.05, 0) is 31.7 Å². The van der Waals surface area contributed by atoms with Crippen LogP contribution in [0, 0.1) is 6.92 Å². The van der Waals surface area contributed by atoms with Crippen molar-refractivity contribution in [2.24, 2.45) is 0 Å². The molecule has 1 aromatic heterocycles. The molecule has 0 atom stereocenters. The second kappa shape index (κ2) is 4.78. The third kappa shape index (κ3) is 2.94. The summed E-state index contributed by atoms with van der Waals surface area (Å²) in [6, 6.07) is 8.71. The molecule has 1 heterocycles. The molecule has 0 radical (unpaired) electrons. The van der Waals surface area contributed by atoms with Crippen molar-refractivity contribution in [1.29, 1.82) is 0 Å². The van der Waals surface area contributed by atoms with Crippen molar-refractivity contribution < 1.29 is 0 Å². The van der Waals surface area contributed by atoms with Crippen molar-refractivity contribution in [2.75, 3.05) is 0 Å². The first kappa shape index (κ1) is 9.97. The molecule has 0 aliphatic carbocycles. The Kier molecular flexibility index (Phi) is 3.18. The van der Waals surface area contributed by atoms with Crippen LogP contribution >= 0.6 is 0 Å². The van der Waals surface area contributed by atoms with Gasteiger partial charge in [0.15, 0.2) is 0 Å². The van der Waals surface area contributed by atoms with Gasteiger partial charge in [-0.2, -0.15) is 0 Å². The van der Waals surface area contributed by atoms with Gasteiger partial charge in [0.1, 0.15) is 0 Å². The maximum atomic E-state index is 4.21. The predicted molar refractivity (Wildman–Crippen MR) is 61.8 cm³/mol. The summed E-state index contributed by atoms with van der Waals surface area (Å²) in [5.74, 6) is 0. The summed E-state index contributed by atoms with van der Waals surface area (Å²) in [7, 11) is 0. The van der Waals surface area contributed by atoms with Gasteiger partial charge in [0.2, 0.25) is 0 Å². The Labute approximate surface area is 90.4 Å². The number of aryl methyl sites for hydroxylation is 3. The Morgan fingerprint density at radius 2 is 2.20 bits per heavy atom. The highest BCUT2D eigenvalue weighted by Gasteiger charge is 1.96. The number of nitrogens with zero attached hydrogens (tertiary/aromatic N) is 1. The molecule has 2 aromatic rings. The van der Waals surface area contributed by atoms with Crippen molar-refractivity contribution >= 4 is 0 Å². The summed E-state index contributed by atoms with van der Waals surface area (Å²) >= 11 is 0. The molecule has 2 nitrogen and oxygen atoms in total. The molecule has 0 saturated heterocycles. The van der Waals surface area contributed by atoms with Crippen LogP contribution in [0.3, 0.4) is 0 Å². The summed E-state index contributed by atoms with van der Waals surface area (Å²) in [4.78, 5) is 7.19. The lowest BCUT2D eigenvalue weighted by Crippen LogP contribution is -1.90. The van der Waals surface area contributed by atoms with Crippen LogP contribution in [-0.4, -0.2) is 9.97 Å². The Bertz CT molecular complexity index is 404. The second-order valence-electron chi connectivity index (χ2n) is 3.90. The number of hydrogen-bond donors (Lipinski definition) is 1. The first-order chi connectivity index (χ1) is 7.34. The number of imidazole rings is 1. The van der Waals surface area contributed by atoms with Crippen molar-refractivity contribution in [3.05, 3.63) is 53.6 Å². The molecule has 0 fully saturated rings. The molecule has 0 bridgehead atoms. The van der Waals surface area contributed by atoms with Crippen molar-refractivity contribution in [3.63, 3.8) is 0 Å². The summed E-state index contributed by atoms with van der Waals surface area (Å²) in [6.45, 7) is 2.14. The quantitative estimate of drug-likeness (QED) is 0.807. The highest BCUT2D eigenvalue weighted by atomic mass is 14.9. The number of hydrogen-bond acceptors (Lipinski definition) is 1. The van der Waals surface area contributed by atoms with E-state index in [1.165, 1.54) is 11.1 Å². The minimum atomic E-state index is 1.05. The molecule has 0 aliphatic rings.